The van der Waals surface area contributed by atoms with Crippen molar-refractivity contribution in [3.05, 3.63) is 24.8 Å². The summed E-state index contributed by atoms with van der Waals surface area (Å²) in [5.74, 6) is -2.42. The van der Waals surface area contributed by atoms with Crippen LogP contribution in [0.4, 0.5) is 0 Å². The van der Waals surface area contributed by atoms with Crippen LogP contribution >= 0.6 is 0 Å². The summed E-state index contributed by atoms with van der Waals surface area (Å²) in [6, 6.07) is 0. The summed E-state index contributed by atoms with van der Waals surface area (Å²) in [5, 5.41) is 18.6. The summed E-state index contributed by atoms with van der Waals surface area (Å²) >= 11 is 0. The third-order valence-corrected chi connectivity index (χ3v) is 0.515. The van der Waals surface area contributed by atoms with E-state index >= 15 is 0 Å². The second kappa shape index (κ2) is 10.2. The van der Waals surface area contributed by atoms with Gasteiger partial charge in [-0.15, -0.1) is 0 Å². The fourth-order valence-corrected chi connectivity index (χ4v) is 0. The average molecular weight is 180 g/mol. The molecule has 12 heavy (non-hydrogen) atoms. The molecule has 4 nitrogen and oxygen atoms in total. The zero-order valence-electron chi connectivity index (χ0n) is 6.83. The van der Waals surface area contributed by atoms with Crippen molar-refractivity contribution >= 4 is 35.0 Å². The van der Waals surface area contributed by atoms with Gasteiger partial charge in [-0.05, 0) is 18.6 Å². The zero-order chi connectivity index (χ0) is 9.44. The maximum absolute atomic E-state index is 9.49. The summed E-state index contributed by atoms with van der Waals surface area (Å²) in [5.41, 5.74) is 0.0648. The van der Waals surface area contributed by atoms with Crippen molar-refractivity contribution in [1.82, 2.24) is 0 Å². The van der Waals surface area contributed by atoms with E-state index in [0.717, 1.165) is 6.08 Å². The molecule has 0 rings (SSSR count). The monoisotopic (exact) mass is 180 g/mol. The van der Waals surface area contributed by atoms with Gasteiger partial charge in [0.15, 0.2) is 0 Å². The van der Waals surface area contributed by atoms with Crippen LogP contribution in [0.25, 0.3) is 0 Å². The molecule has 0 aromatic rings. The molecule has 0 saturated heterocycles. The first kappa shape index (κ1) is 17.3. The maximum atomic E-state index is 9.49. The standard InChI is InChI=1S/C4H6O2.C3H4O2.Mg/c1-3(2)4(5)6;1-2-3(4)5;/h1H2,2H3,(H,5,6);2H,1H2,(H,4,5);/q;;+2/p-2. The molecular formula is C7H8MgO4. The van der Waals surface area contributed by atoms with Gasteiger partial charge in [-0.1, -0.05) is 13.2 Å². The van der Waals surface area contributed by atoms with Crippen molar-refractivity contribution < 1.29 is 19.8 Å². The van der Waals surface area contributed by atoms with Crippen LogP contribution in [0.3, 0.4) is 0 Å². The first-order valence-corrected chi connectivity index (χ1v) is 2.62. The van der Waals surface area contributed by atoms with E-state index in [-0.39, 0.29) is 28.6 Å². The van der Waals surface area contributed by atoms with E-state index in [1.165, 1.54) is 6.92 Å². The zero-order valence-corrected chi connectivity index (χ0v) is 8.25. The third-order valence-electron chi connectivity index (χ3n) is 0.515. The Balaban J connectivity index is -0.000000126. The second-order valence-electron chi connectivity index (χ2n) is 1.59. The molecule has 0 spiro atoms. The minimum absolute atomic E-state index is 0. The molecule has 0 N–H and O–H groups in total. The number of carbonyl (C=O) groups excluding carboxylic acids is 2. The molecule has 0 aromatic carbocycles. The molecule has 0 fully saturated rings. The van der Waals surface area contributed by atoms with Gasteiger partial charge in [-0.2, -0.15) is 0 Å². The molecule has 0 unspecified atom stereocenters. The van der Waals surface area contributed by atoms with Crippen molar-refractivity contribution in [2.24, 2.45) is 0 Å². The van der Waals surface area contributed by atoms with Gasteiger partial charge < -0.3 is 19.8 Å². The Morgan fingerprint density at radius 2 is 1.50 bits per heavy atom. The van der Waals surface area contributed by atoms with Crippen molar-refractivity contribution in [2.75, 3.05) is 0 Å². The van der Waals surface area contributed by atoms with E-state index in [2.05, 4.69) is 13.2 Å². The van der Waals surface area contributed by atoms with Gasteiger partial charge in [0.25, 0.3) is 0 Å². The second-order valence-corrected chi connectivity index (χ2v) is 1.59. The van der Waals surface area contributed by atoms with Crippen LogP contribution in [0, 0.1) is 0 Å². The first-order chi connectivity index (χ1) is 4.91. The molecule has 0 aliphatic heterocycles. The van der Waals surface area contributed by atoms with Crippen molar-refractivity contribution in [1.29, 1.82) is 0 Å². The fraction of sp³-hybridized carbons (Fsp3) is 0.143. The van der Waals surface area contributed by atoms with Gasteiger partial charge >= 0.3 is 23.1 Å². The summed E-state index contributed by atoms with van der Waals surface area (Å²) < 4.78 is 0. The molecule has 0 aliphatic carbocycles. The number of hydrogen-bond donors (Lipinski definition) is 0. The Morgan fingerprint density at radius 3 is 1.50 bits per heavy atom. The van der Waals surface area contributed by atoms with E-state index < -0.39 is 11.9 Å². The SMILES string of the molecule is C=C(C)C(=O)[O-].C=CC(=O)[O-].[Mg+2]. The molecule has 0 radical (unpaired) electrons. The topological polar surface area (TPSA) is 80.3 Å². The molecule has 62 valence electrons. The first-order valence-electron chi connectivity index (χ1n) is 2.62. The Labute approximate surface area is 86.7 Å². The van der Waals surface area contributed by atoms with E-state index in [9.17, 15) is 9.90 Å². The fourth-order valence-electron chi connectivity index (χ4n) is 0. The molecule has 0 amide bonds. The van der Waals surface area contributed by atoms with Crippen LogP contribution in [-0.4, -0.2) is 35.0 Å². The van der Waals surface area contributed by atoms with E-state index in [1.54, 1.807) is 0 Å². The van der Waals surface area contributed by atoms with E-state index in [0.29, 0.717) is 0 Å². The number of aliphatic carboxylic acids is 2. The van der Waals surface area contributed by atoms with Crippen LogP contribution in [0.2, 0.25) is 0 Å². The van der Waals surface area contributed by atoms with Gasteiger partial charge in [0.2, 0.25) is 0 Å². The largest absolute Gasteiger partial charge is 2.00 e. The molecule has 0 aromatic heterocycles. The normalized spacial score (nSPS) is 6.42. The number of carbonyl (C=O) groups is 2. The van der Waals surface area contributed by atoms with Crippen LogP contribution in [0.5, 0.6) is 0 Å². The molecular weight excluding hydrogens is 172 g/mol. The van der Waals surface area contributed by atoms with Gasteiger partial charge in [-0.3, -0.25) is 0 Å². The molecule has 0 bridgehead atoms. The van der Waals surface area contributed by atoms with Crippen LogP contribution in [0.1, 0.15) is 6.92 Å². The third kappa shape index (κ3) is 22.9. The minimum Gasteiger partial charge on any atom is -0.545 e. The summed E-state index contributed by atoms with van der Waals surface area (Å²) in [7, 11) is 0. The molecule has 0 aliphatic rings. The Morgan fingerprint density at radius 1 is 1.33 bits per heavy atom. The number of hydrogen-bond acceptors (Lipinski definition) is 4. The van der Waals surface area contributed by atoms with Gasteiger partial charge in [0, 0.05) is 0 Å². The minimum atomic E-state index is -1.23. The predicted octanol–water partition coefficient (Wildman–Crippen LogP) is -2.15. The smallest absolute Gasteiger partial charge is 0.545 e. The van der Waals surface area contributed by atoms with Crippen molar-refractivity contribution in [3.8, 4) is 0 Å². The Kier molecular flexibility index (Phi) is 14.7. The summed E-state index contributed by atoms with van der Waals surface area (Å²) in [4.78, 5) is 18.6. The van der Waals surface area contributed by atoms with Gasteiger partial charge in [0.05, 0.1) is 11.9 Å². The number of rotatable bonds is 2. The van der Waals surface area contributed by atoms with Crippen LogP contribution in [-0.2, 0) is 9.59 Å². The average Bonchev–Trinajstić information content (AvgIpc) is 1.89. The molecule has 5 heteroatoms. The predicted molar refractivity (Wildman–Crippen MR) is 40.8 cm³/mol. The summed E-state index contributed by atoms with van der Waals surface area (Å²) in [6.07, 6.45) is 0.722. The van der Waals surface area contributed by atoms with Crippen LogP contribution in [0.15, 0.2) is 24.8 Å². The Hall–Kier alpha value is -0.814. The van der Waals surface area contributed by atoms with Gasteiger partial charge in [-0.25, -0.2) is 0 Å². The molecule has 0 saturated carbocycles. The van der Waals surface area contributed by atoms with E-state index in [1.807, 2.05) is 0 Å². The quantitative estimate of drug-likeness (QED) is 0.359. The number of carboxylic acids is 2. The van der Waals surface area contributed by atoms with Crippen molar-refractivity contribution in [3.63, 3.8) is 0 Å². The number of carboxylic acid groups (broad SMARTS) is 2. The van der Waals surface area contributed by atoms with E-state index in [4.69, 9.17) is 9.90 Å². The van der Waals surface area contributed by atoms with Gasteiger partial charge in [0.1, 0.15) is 0 Å². The molecule has 0 heterocycles. The molecule has 0 atom stereocenters. The Bertz CT molecular complexity index is 174. The maximum Gasteiger partial charge on any atom is 2.00 e. The van der Waals surface area contributed by atoms with Crippen molar-refractivity contribution in [2.45, 2.75) is 6.92 Å². The van der Waals surface area contributed by atoms with Crippen LogP contribution < -0.4 is 10.2 Å². The summed E-state index contributed by atoms with van der Waals surface area (Å²) in [6.45, 7) is 7.38.